The predicted octanol–water partition coefficient (Wildman–Crippen LogP) is 10.8. The molecule has 8 aromatic rings. The zero-order valence-electron chi connectivity index (χ0n) is 38.3. The molecule has 0 saturated carbocycles. The number of benzene rings is 8. The van der Waals surface area contributed by atoms with Gasteiger partial charge in [0.05, 0.1) is 11.0 Å². The molecule has 0 spiro atoms. The van der Waals surface area contributed by atoms with Crippen molar-refractivity contribution in [3.8, 4) is 33.4 Å². The van der Waals surface area contributed by atoms with Gasteiger partial charge in [0.1, 0.15) is 0 Å². The van der Waals surface area contributed by atoms with Gasteiger partial charge in [-0.2, -0.15) is 0 Å². The van der Waals surface area contributed by atoms with Crippen LogP contribution in [0.25, 0.3) is 33.4 Å². The van der Waals surface area contributed by atoms with Gasteiger partial charge in [0.25, 0.3) is 0 Å². The van der Waals surface area contributed by atoms with E-state index in [0.717, 1.165) is 44.1 Å². The van der Waals surface area contributed by atoms with E-state index >= 15 is 0 Å². The first-order valence-corrected chi connectivity index (χ1v) is 20.4. The molecule has 0 fully saturated rings. The third kappa shape index (κ3) is 4.84. The fourth-order valence-corrected chi connectivity index (χ4v) is 13.8. The van der Waals surface area contributed by atoms with Crippen molar-refractivity contribution in [3.63, 3.8) is 0 Å². The summed E-state index contributed by atoms with van der Waals surface area (Å²) < 4.78 is 73.4. The Bertz CT molecular complexity index is 3080. The average Bonchev–Trinajstić information content (AvgIpc) is 3.74. The Kier molecular flexibility index (Phi) is 5.74. The summed E-state index contributed by atoms with van der Waals surface area (Å²) in [6.45, 7) is 6.54. The average molecular weight is 716 g/mol. The molecule has 2 aliphatic rings. The number of hydrogen-bond acceptors (Lipinski definition) is 1. The number of aryl methyl sites for hydroxylation is 1. The van der Waals surface area contributed by atoms with Crippen molar-refractivity contribution in [2.24, 2.45) is 0 Å². The van der Waals surface area contributed by atoms with Crippen LogP contribution < -0.4 is 25.6 Å². The van der Waals surface area contributed by atoms with E-state index in [0.29, 0.717) is 10.4 Å². The number of fused-ring (bicyclic) bond motifs is 6. The van der Waals surface area contributed by atoms with Crippen molar-refractivity contribution in [2.75, 3.05) is 4.90 Å². The molecule has 1 aliphatic carbocycles. The summed E-state index contributed by atoms with van der Waals surface area (Å²) in [4.78, 5) is 2.23. The molecule has 8 aromatic carbocycles. The maximum Gasteiger partial charge on any atom is 0.180 e. The highest BCUT2D eigenvalue weighted by molar-refractivity contribution is 7.22. The molecule has 1 heterocycles. The zero-order valence-corrected chi connectivity index (χ0v) is 31.3. The largest absolute Gasteiger partial charge is 0.310 e. The van der Waals surface area contributed by atoms with E-state index in [2.05, 4.69) is 110 Å². The maximum absolute atomic E-state index is 9.62. The fourth-order valence-electron chi connectivity index (χ4n) is 8.94. The Morgan fingerprint density at radius 3 is 1.74 bits per heavy atom. The lowest BCUT2D eigenvalue weighted by atomic mass is 9.82. The second-order valence-electron chi connectivity index (χ2n) is 14.8. The van der Waals surface area contributed by atoms with Crippen LogP contribution in [0.3, 0.4) is 0 Å². The highest BCUT2D eigenvalue weighted by atomic mass is 28.3. The Morgan fingerprint density at radius 1 is 0.463 bits per heavy atom. The minimum Gasteiger partial charge on any atom is -0.310 e. The molecule has 1 nitrogen and oxygen atoms in total. The first-order chi connectivity index (χ1) is 29.8. The molecule has 0 radical (unpaired) electrons. The third-order valence-corrected chi connectivity index (χ3v) is 16.0. The summed E-state index contributed by atoms with van der Waals surface area (Å²) in [6.07, 6.45) is 0. The minimum absolute atomic E-state index is 0.144. The Morgan fingerprint density at radius 2 is 1.04 bits per heavy atom. The summed E-state index contributed by atoms with van der Waals surface area (Å²) in [6, 6.07) is 46.9. The number of anilines is 3. The van der Waals surface area contributed by atoms with Gasteiger partial charge in [-0.25, -0.2) is 0 Å². The van der Waals surface area contributed by atoms with Gasteiger partial charge in [-0.05, 0) is 114 Å². The van der Waals surface area contributed by atoms with Crippen LogP contribution in [0.2, 0.25) is 0 Å². The zero-order chi connectivity index (χ0) is 43.4. The first kappa shape index (κ1) is 24.9. The Balaban J connectivity index is 1.29. The topological polar surface area (TPSA) is 3.24 Å². The van der Waals surface area contributed by atoms with Gasteiger partial charge < -0.3 is 4.90 Å². The van der Waals surface area contributed by atoms with Crippen LogP contribution >= 0.6 is 0 Å². The smallest absolute Gasteiger partial charge is 0.180 e. The van der Waals surface area contributed by atoms with Crippen LogP contribution in [0, 0.1) is 6.92 Å². The third-order valence-electron chi connectivity index (χ3n) is 11.4. The second kappa shape index (κ2) is 12.4. The summed E-state index contributed by atoms with van der Waals surface area (Å²) in [7, 11) is -3.98. The highest BCUT2D eigenvalue weighted by Gasteiger charge is 2.48. The molecule has 2 heteroatoms. The van der Waals surface area contributed by atoms with Gasteiger partial charge in [0, 0.05) is 22.5 Å². The molecule has 0 unspecified atom stereocenters. The van der Waals surface area contributed by atoms with E-state index < -0.39 is 32.2 Å². The number of nitrogens with zero attached hydrogens (tertiary/aromatic N) is 1. The molecule has 0 aromatic heterocycles. The molecular formula is C52H41NSi. The fraction of sp³-hybridized carbons (Fsp3) is 0.0769. The van der Waals surface area contributed by atoms with Gasteiger partial charge in [-0.3, -0.25) is 0 Å². The van der Waals surface area contributed by atoms with E-state index in [1.807, 2.05) is 61.5 Å². The van der Waals surface area contributed by atoms with Crippen molar-refractivity contribution in [1.29, 1.82) is 0 Å². The van der Waals surface area contributed by atoms with Crippen LogP contribution in [-0.4, -0.2) is 8.07 Å². The molecule has 0 atom stereocenters. The molecule has 0 bridgehead atoms. The lowest BCUT2D eigenvalue weighted by molar-refractivity contribution is 0.660. The molecule has 0 amide bonds. The molecule has 54 heavy (non-hydrogen) atoms. The normalized spacial score (nSPS) is 16.2. The van der Waals surface area contributed by atoms with Gasteiger partial charge in [-0.1, -0.05) is 171 Å². The van der Waals surface area contributed by atoms with E-state index in [4.69, 9.17) is 5.48 Å². The maximum atomic E-state index is 9.62. The quantitative estimate of drug-likeness (QED) is 0.155. The van der Waals surface area contributed by atoms with Crippen LogP contribution in [0.1, 0.15) is 41.5 Å². The van der Waals surface area contributed by atoms with E-state index in [1.54, 1.807) is 0 Å². The molecule has 0 N–H and O–H groups in total. The van der Waals surface area contributed by atoms with Crippen molar-refractivity contribution in [3.05, 3.63) is 211 Å². The Labute approximate surface area is 331 Å². The lowest BCUT2D eigenvalue weighted by Crippen LogP contribution is -2.72. The van der Waals surface area contributed by atoms with Gasteiger partial charge in [-0.15, -0.1) is 0 Å². The van der Waals surface area contributed by atoms with Gasteiger partial charge in [0.2, 0.25) is 0 Å². The molecule has 1 aliphatic heterocycles. The summed E-state index contributed by atoms with van der Waals surface area (Å²) in [5.41, 5.74) is 10.6. The van der Waals surface area contributed by atoms with Crippen LogP contribution in [0.5, 0.6) is 0 Å². The van der Waals surface area contributed by atoms with Crippen LogP contribution in [-0.2, 0) is 5.41 Å². The first-order valence-electron chi connectivity index (χ1n) is 22.4. The van der Waals surface area contributed by atoms with Crippen LogP contribution in [0.15, 0.2) is 194 Å². The number of rotatable bonds is 6. The van der Waals surface area contributed by atoms with E-state index in [1.165, 1.54) is 22.3 Å². The SMILES string of the molecule is [2H]c1c([2H])c([2H])c2c(c1[2H])-c1c([2H])c([2H])c([2H])c([2H])c1[Si]2(c1ccccc1)c1cc(C)cc(N(c2ccc(-c3ccccc3)cc2)c2ccc3c(c2)C(C)(C)c2ccccc2-3)c1. The monoisotopic (exact) mass is 715 g/mol. The Hall–Kier alpha value is -6.22. The standard InChI is InChI=1S/C52H41NSi/c1-36-32-41(34-43(33-36)54(42-18-8-5-9-19-42)50-24-14-11-21-46(50)47-22-12-15-25-51(47)54)53(39-28-26-38(27-29-39)37-16-6-4-7-17-37)40-30-31-45-44-20-10-13-23-48(44)52(2,3)49(45)35-40/h4-35H,1-3H3/i11D,12D,14D,15D,21D,22D,24D,25D. The molecular weight excluding hydrogens is 667 g/mol. The molecule has 0 saturated heterocycles. The van der Waals surface area contributed by atoms with Crippen LogP contribution in [0.4, 0.5) is 17.1 Å². The van der Waals surface area contributed by atoms with Crippen molar-refractivity contribution < 1.29 is 11.0 Å². The van der Waals surface area contributed by atoms with E-state index in [9.17, 15) is 5.48 Å². The van der Waals surface area contributed by atoms with Gasteiger partial charge in [0.15, 0.2) is 8.07 Å². The molecule has 258 valence electrons. The van der Waals surface area contributed by atoms with E-state index in [-0.39, 0.29) is 40.7 Å². The lowest BCUT2D eigenvalue weighted by Gasteiger charge is -2.34. The van der Waals surface area contributed by atoms with Crippen molar-refractivity contribution in [2.45, 2.75) is 26.2 Å². The van der Waals surface area contributed by atoms with Gasteiger partial charge >= 0.3 is 0 Å². The van der Waals surface area contributed by atoms with Crippen molar-refractivity contribution in [1.82, 2.24) is 0 Å². The number of hydrogen-bond donors (Lipinski definition) is 0. The summed E-state index contributed by atoms with van der Waals surface area (Å²) >= 11 is 0. The predicted molar refractivity (Wildman–Crippen MR) is 231 cm³/mol. The highest BCUT2D eigenvalue weighted by Crippen LogP contribution is 2.50. The molecule has 10 rings (SSSR count). The minimum atomic E-state index is -3.98. The van der Waals surface area contributed by atoms with Crippen molar-refractivity contribution >= 4 is 45.9 Å². The summed E-state index contributed by atoms with van der Waals surface area (Å²) in [5, 5.41) is 2.17. The summed E-state index contributed by atoms with van der Waals surface area (Å²) in [5.74, 6) is 0. The second-order valence-corrected chi connectivity index (χ2v) is 18.5.